The van der Waals surface area contributed by atoms with Crippen LogP contribution in [-0.2, 0) is 4.79 Å². The molecule has 116 valence electrons. The van der Waals surface area contributed by atoms with Gasteiger partial charge in [-0.2, -0.15) is 0 Å². The monoisotopic (exact) mass is 372 g/mol. The number of aromatic nitrogens is 1. The fourth-order valence-corrected chi connectivity index (χ4v) is 3.73. The van der Waals surface area contributed by atoms with E-state index < -0.39 is 11.5 Å². The molecule has 0 aromatic carbocycles. The number of carboxylic acids is 1. The molecule has 1 heterocycles. The summed E-state index contributed by atoms with van der Waals surface area (Å²) < 4.78 is 0.992. The van der Waals surface area contributed by atoms with Gasteiger partial charge in [-0.1, -0.05) is 6.92 Å². The lowest BCUT2D eigenvalue weighted by Gasteiger charge is -2.29. The van der Waals surface area contributed by atoms with Crippen LogP contribution >= 0.6 is 27.7 Å². The fraction of sp³-hybridized carbons (Fsp3) is 0.600. The van der Waals surface area contributed by atoms with Crippen molar-refractivity contribution in [3.63, 3.8) is 0 Å². The molecular weight excluding hydrogens is 352 g/mol. The van der Waals surface area contributed by atoms with Crippen molar-refractivity contribution in [2.45, 2.75) is 55.6 Å². The molecule has 1 aromatic rings. The molecule has 0 bridgehead atoms. The molecule has 1 saturated carbocycles. The second-order valence-corrected chi connectivity index (χ2v) is 7.34. The van der Waals surface area contributed by atoms with Crippen molar-refractivity contribution < 1.29 is 9.90 Å². The quantitative estimate of drug-likeness (QED) is 0.511. The van der Waals surface area contributed by atoms with Crippen molar-refractivity contribution >= 4 is 33.7 Å². The average Bonchev–Trinajstić information content (AvgIpc) is 3.27. The van der Waals surface area contributed by atoms with E-state index in [1.165, 1.54) is 0 Å². The topological polar surface area (TPSA) is 62.2 Å². The standard InChI is InChI=1S/C15H21BrN2O2S/c1-2-15(14(19)20,18-11-6-7-11)8-4-10-21-13-12(16)5-3-9-17-13/h3,5,9,11,18H,2,4,6-8,10H2,1H3,(H,19,20). The molecule has 1 fully saturated rings. The van der Waals surface area contributed by atoms with Gasteiger partial charge in [0.15, 0.2) is 0 Å². The highest BCUT2D eigenvalue weighted by atomic mass is 79.9. The van der Waals surface area contributed by atoms with Crippen molar-refractivity contribution in [3.8, 4) is 0 Å². The number of nitrogens with one attached hydrogen (secondary N) is 1. The van der Waals surface area contributed by atoms with Gasteiger partial charge < -0.3 is 5.11 Å². The van der Waals surface area contributed by atoms with Crippen molar-refractivity contribution in [2.75, 3.05) is 5.75 Å². The smallest absolute Gasteiger partial charge is 0.323 e. The van der Waals surface area contributed by atoms with Crippen molar-refractivity contribution in [1.29, 1.82) is 0 Å². The Hall–Kier alpha value is -0.590. The zero-order valence-electron chi connectivity index (χ0n) is 12.1. The van der Waals surface area contributed by atoms with Gasteiger partial charge >= 0.3 is 5.97 Å². The molecule has 6 heteroatoms. The zero-order valence-corrected chi connectivity index (χ0v) is 14.5. The van der Waals surface area contributed by atoms with Crippen LogP contribution in [0.3, 0.4) is 0 Å². The molecule has 2 N–H and O–H groups in total. The summed E-state index contributed by atoms with van der Waals surface area (Å²) in [7, 11) is 0. The van der Waals surface area contributed by atoms with Crippen LogP contribution < -0.4 is 5.32 Å². The van der Waals surface area contributed by atoms with E-state index in [9.17, 15) is 9.90 Å². The molecule has 21 heavy (non-hydrogen) atoms. The van der Waals surface area contributed by atoms with Crippen molar-refractivity contribution in [3.05, 3.63) is 22.8 Å². The van der Waals surface area contributed by atoms with Gasteiger partial charge in [0, 0.05) is 16.7 Å². The molecule has 4 nitrogen and oxygen atoms in total. The minimum absolute atomic E-state index is 0.402. The average molecular weight is 373 g/mol. The lowest BCUT2D eigenvalue weighted by molar-refractivity contribution is -0.145. The maximum absolute atomic E-state index is 11.6. The van der Waals surface area contributed by atoms with E-state index in [0.29, 0.717) is 18.9 Å². The second-order valence-electron chi connectivity index (χ2n) is 5.40. The van der Waals surface area contributed by atoms with E-state index in [-0.39, 0.29) is 0 Å². The SMILES string of the molecule is CCC(CCCSc1ncccc1Br)(NC1CC1)C(=O)O. The normalized spacial score (nSPS) is 17.4. The van der Waals surface area contributed by atoms with Crippen LogP contribution in [0.25, 0.3) is 0 Å². The first-order valence-electron chi connectivity index (χ1n) is 7.32. The Kier molecular flexibility index (Phi) is 6.08. The summed E-state index contributed by atoms with van der Waals surface area (Å²) in [5.74, 6) is 0.151. The number of aliphatic carboxylic acids is 1. The number of pyridine rings is 1. The molecule has 1 unspecified atom stereocenters. The molecule has 1 aliphatic carbocycles. The Labute approximate surface area is 138 Å². The second kappa shape index (κ2) is 7.61. The molecule has 0 spiro atoms. The van der Waals surface area contributed by atoms with E-state index in [1.54, 1.807) is 18.0 Å². The minimum Gasteiger partial charge on any atom is -0.480 e. The van der Waals surface area contributed by atoms with Crippen LogP contribution in [0.15, 0.2) is 27.8 Å². The molecule has 1 aromatic heterocycles. The van der Waals surface area contributed by atoms with Gasteiger partial charge in [-0.25, -0.2) is 4.98 Å². The third kappa shape index (κ3) is 4.69. The van der Waals surface area contributed by atoms with Crippen LogP contribution in [0, 0.1) is 0 Å². The molecule has 1 atom stereocenters. The highest BCUT2D eigenvalue weighted by Crippen LogP contribution is 2.30. The van der Waals surface area contributed by atoms with E-state index in [2.05, 4.69) is 26.2 Å². The van der Waals surface area contributed by atoms with Gasteiger partial charge in [0.25, 0.3) is 0 Å². The Morgan fingerprint density at radius 1 is 1.62 bits per heavy atom. The first-order valence-corrected chi connectivity index (χ1v) is 9.09. The molecule has 2 rings (SSSR count). The summed E-state index contributed by atoms with van der Waals surface area (Å²) in [5.41, 5.74) is -0.761. The fourth-order valence-electron chi connectivity index (χ4n) is 2.31. The number of hydrogen-bond acceptors (Lipinski definition) is 4. The first-order chi connectivity index (χ1) is 10.1. The van der Waals surface area contributed by atoms with E-state index in [1.807, 2.05) is 19.1 Å². The third-order valence-corrected chi connectivity index (χ3v) is 5.78. The Balaban J connectivity index is 1.84. The number of carbonyl (C=O) groups is 1. The van der Waals surface area contributed by atoms with Gasteiger partial charge in [0.1, 0.15) is 10.6 Å². The van der Waals surface area contributed by atoms with Crippen molar-refractivity contribution in [2.24, 2.45) is 0 Å². The molecule has 0 amide bonds. The Morgan fingerprint density at radius 3 is 2.95 bits per heavy atom. The van der Waals surface area contributed by atoms with Crippen LogP contribution in [0.5, 0.6) is 0 Å². The summed E-state index contributed by atoms with van der Waals surface area (Å²) in [6.07, 6.45) is 6.11. The minimum atomic E-state index is -0.761. The maximum atomic E-state index is 11.6. The van der Waals surface area contributed by atoms with E-state index in [4.69, 9.17) is 0 Å². The van der Waals surface area contributed by atoms with Crippen LogP contribution in [-0.4, -0.2) is 33.4 Å². The first kappa shape index (κ1) is 16.8. The summed E-state index contributed by atoms with van der Waals surface area (Å²) in [6, 6.07) is 4.26. The summed E-state index contributed by atoms with van der Waals surface area (Å²) in [5, 5.41) is 13.9. The van der Waals surface area contributed by atoms with Gasteiger partial charge in [-0.15, -0.1) is 11.8 Å². The number of hydrogen-bond donors (Lipinski definition) is 2. The predicted octanol–water partition coefficient (Wildman–Crippen LogP) is 3.70. The summed E-state index contributed by atoms with van der Waals surface area (Å²) in [6.45, 7) is 1.95. The maximum Gasteiger partial charge on any atom is 0.323 e. The molecule has 1 aliphatic rings. The number of halogens is 1. The number of carboxylic acid groups (broad SMARTS) is 1. The lowest BCUT2D eigenvalue weighted by atomic mass is 9.90. The zero-order chi connectivity index (χ0) is 15.3. The van der Waals surface area contributed by atoms with E-state index >= 15 is 0 Å². The molecular formula is C15H21BrN2O2S. The Bertz CT molecular complexity index is 496. The highest BCUT2D eigenvalue weighted by Gasteiger charge is 2.40. The van der Waals surface area contributed by atoms with Gasteiger partial charge in [-0.3, -0.25) is 10.1 Å². The number of thioether (sulfide) groups is 1. The van der Waals surface area contributed by atoms with Gasteiger partial charge in [0.05, 0.1) is 0 Å². The van der Waals surface area contributed by atoms with E-state index in [0.717, 1.165) is 34.5 Å². The van der Waals surface area contributed by atoms with Crippen molar-refractivity contribution in [1.82, 2.24) is 10.3 Å². The third-order valence-electron chi connectivity index (χ3n) is 3.78. The predicted molar refractivity (Wildman–Crippen MR) is 88.7 cm³/mol. The largest absolute Gasteiger partial charge is 0.480 e. The summed E-state index contributed by atoms with van der Waals surface area (Å²) in [4.78, 5) is 16.0. The highest BCUT2D eigenvalue weighted by molar-refractivity contribution is 9.10. The molecule has 0 saturated heterocycles. The Morgan fingerprint density at radius 2 is 2.38 bits per heavy atom. The molecule has 0 radical (unpaired) electrons. The van der Waals surface area contributed by atoms with Crippen LogP contribution in [0.1, 0.15) is 39.0 Å². The number of rotatable bonds is 9. The lowest BCUT2D eigenvalue weighted by Crippen LogP contribution is -2.52. The van der Waals surface area contributed by atoms with Gasteiger partial charge in [0.2, 0.25) is 0 Å². The van der Waals surface area contributed by atoms with Crippen LogP contribution in [0.2, 0.25) is 0 Å². The summed E-state index contributed by atoms with van der Waals surface area (Å²) >= 11 is 5.14. The molecule has 0 aliphatic heterocycles. The number of nitrogens with zero attached hydrogens (tertiary/aromatic N) is 1. The van der Waals surface area contributed by atoms with Gasteiger partial charge in [-0.05, 0) is 65.9 Å². The van der Waals surface area contributed by atoms with Crippen LogP contribution in [0.4, 0.5) is 0 Å².